The fraction of sp³-hybridized carbons (Fsp3) is 0.0714. The van der Waals surface area contributed by atoms with Crippen molar-refractivity contribution in [2.24, 2.45) is 0 Å². The van der Waals surface area contributed by atoms with E-state index in [2.05, 4.69) is 10.6 Å². The Morgan fingerprint density at radius 2 is 0.972 bits per heavy atom. The average Bonchev–Trinajstić information content (AvgIpc) is 2.87. The largest absolute Gasteiger partial charge is 0.508 e. The second kappa shape index (κ2) is 8.99. The Balaban J connectivity index is 1.46. The molecule has 0 atom stereocenters. The molecular formula is C28H22N2O6. The number of benzene rings is 4. The molecule has 1 aliphatic carbocycles. The maximum atomic E-state index is 13.5. The Morgan fingerprint density at radius 3 is 1.39 bits per heavy atom. The molecule has 0 amide bonds. The molecule has 0 saturated carbocycles. The number of phenolic OH excluding ortho intramolecular Hbond substituents is 4. The fourth-order valence-corrected chi connectivity index (χ4v) is 4.34. The van der Waals surface area contributed by atoms with Crippen molar-refractivity contribution < 1.29 is 30.0 Å². The van der Waals surface area contributed by atoms with Crippen LogP contribution in [-0.4, -0.2) is 32.0 Å². The highest BCUT2D eigenvalue weighted by molar-refractivity contribution is 6.31. The van der Waals surface area contributed by atoms with Crippen LogP contribution in [0.4, 0.5) is 11.4 Å². The van der Waals surface area contributed by atoms with Gasteiger partial charge in [-0.2, -0.15) is 0 Å². The highest BCUT2D eigenvalue weighted by Crippen LogP contribution is 2.36. The third-order valence-electron chi connectivity index (χ3n) is 6.14. The molecule has 180 valence electrons. The van der Waals surface area contributed by atoms with E-state index in [0.717, 1.165) is 0 Å². The van der Waals surface area contributed by atoms with E-state index < -0.39 is 0 Å². The summed E-state index contributed by atoms with van der Waals surface area (Å²) in [7, 11) is 0. The van der Waals surface area contributed by atoms with E-state index in [0.29, 0.717) is 22.5 Å². The lowest BCUT2D eigenvalue weighted by atomic mass is 9.82. The Morgan fingerprint density at radius 1 is 0.556 bits per heavy atom. The normalized spacial score (nSPS) is 12.1. The summed E-state index contributed by atoms with van der Waals surface area (Å²) in [6.45, 7) is 0.250. The molecule has 36 heavy (non-hydrogen) atoms. The molecule has 0 heterocycles. The van der Waals surface area contributed by atoms with Crippen LogP contribution in [-0.2, 0) is 13.1 Å². The first-order valence-corrected chi connectivity index (χ1v) is 11.2. The van der Waals surface area contributed by atoms with Crippen LogP contribution < -0.4 is 10.6 Å². The van der Waals surface area contributed by atoms with Crippen molar-refractivity contribution in [3.8, 4) is 23.0 Å². The van der Waals surface area contributed by atoms with Gasteiger partial charge >= 0.3 is 0 Å². The van der Waals surface area contributed by atoms with Crippen LogP contribution in [0.25, 0.3) is 0 Å². The van der Waals surface area contributed by atoms with Crippen LogP contribution in [0.2, 0.25) is 0 Å². The standard InChI is InChI=1S/C28H22N2O6/c31-17-7-9-23(33)15(11-17)13-29-21-5-1-3-19-25(21)28(36)20-4-2-6-22(26(20)27(19)35)30-14-16-12-18(32)8-10-24(16)34/h1-12,29-34H,13-14H2. The Kier molecular flexibility index (Phi) is 5.69. The summed E-state index contributed by atoms with van der Waals surface area (Å²) in [6, 6.07) is 18.2. The number of fused-ring (bicyclic) bond motifs is 2. The quantitative estimate of drug-likeness (QED) is 0.194. The van der Waals surface area contributed by atoms with Crippen LogP contribution in [0.3, 0.4) is 0 Å². The van der Waals surface area contributed by atoms with E-state index in [9.17, 15) is 30.0 Å². The lowest BCUT2D eigenvalue weighted by molar-refractivity contribution is 0.0980. The van der Waals surface area contributed by atoms with Crippen LogP contribution in [0.5, 0.6) is 23.0 Å². The van der Waals surface area contributed by atoms with Gasteiger partial charge in [0.05, 0.1) is 11.1 Å². The number of nitrogens with one attached hydrogen (secondary N) is 2. The molecule has 0 fully saturated rings. The van der Waals surface area contributed by atoms with Gasteiger partial charge in [-0.05, 0) is 48.5 Å². The molecular weight excluding hydrogens is 460 g/mol. The van der Waals surface area contributed by atoms with Crippen molar-refractivity contribution in [2.75, 3.05) is 10.6 Å². The van der Waals surface area contributed by atoms with Gasteiger partial charge in [0.1, 0.15) is 23.0 Å². The molecule has 0 unspecified atom stereocenters. The van der Waals surface area contributed by atoms with Gasteiger partial charge in [0.15, 0.2) is 11.6 Å². The van der Waals surface area contributed by atoms with Gasteiger partial charge in [0, 0.05) is 46.7 Å². The molecule has 0 radical (unpaired) electrons. The molecule has 4 aromatic rings. The van der Waals surface area contributed by atoms with Crippen molar-refractivity contribution in [3.63, 3.8) is 0 Å². The van der Waals surface area contributed by atoms with Gasteiger partial charge in [0.25, 0.3) is 0 Å². The predicted octanol–water partition coefficient (Wildman–Crippen LogP) is 4.51. The van der Waals surface area contributed by atoms with Crippen molar-refractivity contribution >= 4 is 22.9 Å². The zero-order valence-electron chi connectivity index (χ0n) is 18.9. The second-order valence-corrected chi connectivity index (χ2v) is 8.45. The summed E-state index contributed by atoms with van der Waals surface area (Å²) < 4.78 is 0. The summed E-state index contributed by atoms with van der Waals surface area (Å²) in [4.78, 5) is 27.1. The van der Waals surface area contributed by atoms with E-state index in [1.165, 1.54) is 36.4 Å². The zero-order chi connectivity index (χ0) is 25.4. The van der Waals surface area contributed by atoms with Crippen LogP contribution in [0.1, 0.15) is 43.0 Å². The highest BCUT2D eigenvalue weighted by Gasteiger charge is 2.33. The van der Waals surface area contributed by atoms with Crippen molar-refractivity contribution in [1.82, 2.24) is 0 Å². The highest BCUT2D eigenvalue weighted by atomic mass is 16.3. The second-order valence-electron chi connectivity index (χ2n) is 8.45. The van der Waals surface area contributed by atoms with Gasteiger partial charge in [-0.25, -0.2) is 0 Å². The van der Waals surface area contributed by atoms with E-state index in [-0.39, 0.29) is 69.9 Å². The lowest BCUT2D eigenvalue weighted by Gasteiger charge is -2.23. The number of aromatic hydroxyl groups is 4. The summed E-state index contributed by atoms with van der Waals surface area (Å²) >= 11 is 0. The fourth-order valence-electron chi connectivity index (χ4n) is 4.34. The van der Waals surface area contributed by atoms with Crippen molar-refractivity contribution in [1.29, 1.82) is 0 Å². The first-order valence-electron chi connectivity index (χ1n) is 11.2. The number of hydrogen-bond donors (Lipinski definition) is 6. The third-order valence-corrected chi connectivity index (χ3v) is 6.14. The van der Waals surface area contributed by atoms with Crippen LogP contribution in [0.15, 0.2) is 72.8 Å². The Hall–Kier alpha value is -4.98. The summed E-state index contributed by atoms with van der Waals surface area (Å²) in [5.74, 6) is -0.672. The molecule has 8 nitrogen and oxygen atoms in total. The molecule has 0 saturated heterocycles. The monoisotopic (exact) mass is 482 g/mol. The van der Waals surface area contributed by atoms with Crippen molar-refractivity contribution in [2.45, 2.75) is 13.1 Å². The molecule has 0 spiro atoms. The van der Waals surface area contributed by atoms with Crippen LogP contribution in [0, 0.1) is 0 Å². The Labute approximate surface area is 206 Å². The van der Waals surface area contributed by atoms with Gasteiger partial charge < -0.3 is 31.1 Å². The molecule has 5 rings (SSSR count). The van der Waals surface area contributed by atoms with E-state index in [1.54, 1.807) is 36.4 Å². The molecule has 1 aliphatic rings. The van der Waals surface area contributed by atoms with E-state index in [1.807, 2.05) is 0 Å². The van der Waals surface area contributed by atoms with Gasteiger partial charge in [-0.3, -0.25) is 9.59 Å². The van der Waals surface area contributed by atoms with Gasteiger partial charge in [0.2, 0.25) is 0 Å². The van der Waals surface area contributed by atoms with E-state index >= 15 is 0 Å². The molecule has 0 bridgehead atoms. The topological polar surface area (TPSA) is 139 Å². The SMILES string of the molecule is O=C1c2cccc(NCc3cc(O)ccc3O)c2C(=O)c2cccc(NCc3cc(O)ccc3O)c21. The van der Waals surface area contributed by atoms with Crippen molar-refractivity contribution in [3.05, 3.63) is 106 Å². The Bertz CT molecular complexity index is 1410. The number of carbonyl (C=O) groups excluding carboxylic acids is 2. The minimum absolute atomic E-state index is 0.000986. The molecule has 4 aromatic carbocycles. The number of anilines is 2. The van der Waals surface area contributed by atoms with Gasteiger partial charge in [-0.15, -0.1) is 0 Å². The van der Waals surface area contributed by atoms with Crippen LogP contribution >= 0.6 is 0 Å². The minimum Gasteiger partial charge on any atom is -0.508 e. The lowest BCUT2D eigenvalue weighted by Crippen LogP contribution is -2.24. The molecule has 0 aliphatic heterocycles. The molecule has 6 N–H and O–H groups in total. The molecule has 0 aromatic heterocycles. The predicted molar refractivity (Wildman–Crippen MR) is 134 cm³/mol. The smallest absolute Gasteiger partial charge is 0.196 e. The maximum Gasteiger partial charge on any atom is 0.196 e. The third kappa shape index (κ3) is 4.05. The van der Waals surface area contributed by atoms with Gasteiger partial charge in [-0.1, -0.05) is 24.3 Å². The summed E-state index contributed by atoms with van der Waals surface area (Å²) in [6.07, 6.45) is 0. The summed E-state index contributed by atoms with van der Waals surface area (Å²) in [5, 5.41) is 45.8. The number of hydrogen-bond acceptors (Lipinski definition) is 8. The van der Waals surface area contributed by atoms with E-state index in [4.69, 9.17) is 0 Å². The number of ketones is 2. The minimum atomic E-state index is -0.327. The number of phenols is 4. The number of carbonyl (C=O) groups is 2. The summed E-state index contributed by atoms with van der Waals surface area (Å²) in [5.41, 5.74) is 2.69. The average molecular weight is 482 g/mol. The first-order chi connectivity index (χ1) is 17.3. The first kappa shape index (κ1) is 22.8. The number of rotatable bonds is 6. The maximum absolute atomic E-state index is 13.5. The zero-order valence-corrected chi connectivity index (χ0v) is 18.9. The molecule has 8 heteroatoms.